The van der Waals surface area contributed by atoms with Crippen LogP contribution in [0.1, 0.15) is 35.1 Å². The van der Waals surface area contributed by atoms with Gasteiger partial charge in [-0.1, -0.05) is 54.1 Å². The van der Waals surface area contributed by atoms with Crippen molar-refractivity contribution in [1.29, 1.82) is 0 Å². The molecule has 4 heteroatoms. The highest BCUT2D eigenvalue weighted by molar-refractivity contribution is 5.74. The summed E-state index contributed by atoms with van der Waals surface area (Å²) in [6.45, 7) is 7.85. The fourth-order valence-corrected chi connectivity index (χ4v) is 3.50. The van der Waals surface area contributed by atoms with Gasteiger partial charge in [-0.2, -0.15) is 0 Å². The molecular formula is C22H29N3O. The predicted octanol–water partition coefficient (Wildman–Crippen LogP) is 3.77. The lowest BCUT2D eigenvalue weighted by atomic mass is 10.0. The van der Waals surface area contributed by atoms with Crippen LogP contribution in [0.15, 0.2) is 48.5 Å². The highest BCUT2D eigenvalue weighted by Crippen LogP contribution is 2.16. The van der Waals surface area contributed by atoms with Crippen molar-refractivity contribution in [1.82, 2.24) is 15.5 Å². The van der Waals surface area contributed by atoms with E-state index in [1.807, 2.05) is 12.1 Å². The lowest BCUT2D eigenvalue weighted by Gasteiger charge is -2.32. The van der Waals surface area contributed by atoms with Gasteiger partial charge in [-0.25, -0.2) is 4.79 Å². The largest absolute Gasteiger partial charge is 0.335 e. The molecule has 1 saturated heterocycles. The van der Waals surface area contributed by atoms with Gasteiger partial charge in [0.2, 0.25) is 0 Å². The molecule has 2 aromatic rings. The summed E-state index contributed by atoms with van der Waals surface area (Å²) in [5, 5.41) is 6.09. The number of hydrogen-bond acceptors (Lipinski definition) is 2. The number of urea groups is 1. The van der Waals surface area contributed by atoms with E-state index < -0.39 is 0 Å². The summed E-state index contributed by atoms with van der Waals surface area (Å²) in [4.78, 5) is 14.6. The second-order valence-corrected chi connectivity index (χ2v) is 7.29. The molecule has 0 bridgehead atoms. The number of benzene rings is 2. The minimum atomic E-state index is -0.0659. The minimum absolute atomic E-state index is 0.0659. The van der Waals surface area contributed by atoms with Crippen molar-refractivity contribution in [2.24, 2.45) is 0 Å². The number of nitrogens with zero attached hydrogens (tertiary/aromatic N) is 1. The van der Waals surface area contributed by atoms with E-state index >= 15 is 0 Å². The molecule has 0 unspecified atom stereocenters. The second-order valence-electron chi connectivity index (χ2n) is 7.29. The topological polar surface area (TPSA) is 44.4 Å². The molecule has 4 nitrogen and oxygen atoms in total. The first-order valence-electron chi connectivity index (χ1n) is 9.47. The second kappa shape index (κ2) is 8.86. The molecule has 0 aromatic heterocycles. The normalized spacial score (nSPS) is 15.6. The van der Waals surface area contributed by atoms with Crippen LogP contribution in [0.2, 0.25) is 0 Å². The SMILES string of the molecule is Cc1cccc(CNC(=O)NC2CCN(Cc3ccccc3C)CC2)c1. The zero-order valence-corrected chi connectivity index (χ0v) is 15.8. The molecule has 26 heavy (non-hydrogen) atoms. The summed E-state index contributed by atoms with van der Waals surface area (Å²) >= 11 is 0. The Morgan fingerprint density at radius 2 is 1.85 bits per heavy atom. The van der Waals surface area contributed by atoms with E-state index in [0.29, 0.717) is 6.54 Å². The van der Waals surface area contributed by atoms with Gasteiger partial charge < -0.3 is 10.6 Å². The molecule has 1 aliphatic rings. The number of aryl methyl sites for hydroxylation is 2. The number of rotatable bonds is 5. The molecular weight excluding hydrogens is 322 g/mol. The molecule has 0 radical (unpaired) electrons. The number of carbonyl (C=O) groups is 1. The van der Waals surface area contributed by atoms with Crippen LogP contribution in [0.3, 0.4) is 0 Å². The van der Waals surface area contributed by atoms with Crippen molar-refractivity contribution >= 4 is 6.03 Å². The molecule has 2 N–H and O–H groups in total. The van der Waals surface area contributed by atoms with Gasteiger partial charge in [-0.3, -0.25) is 4.90 Å². The predicted molar refractivity (Wildman–Crippen MR) is 106 cm³/mol. The molecule has 1 heterocycles. The van der Waals surface area contributed by atoms with Crippen LogP contribution in [0.4, 0.5) is 4.79 Å². The average Bonchev–Trinajstić information content (AvgIpc) is 2.64. The number of amides is 2. The van der Waals surface area contributed by atoms with Crippen LogP contribution in [0.5, 0.6) is 0 Å². The first kappa shape index (κ1) is 18.5. The van der Waals surface area contributed by atoms with Gasteiger partial charge in [0, 0.05) is 32.2 Å². The Bertz CT molecular complexity index is 736. The van der Waals surface area contributed by atoms with Crippen LogP contribution in [-0.2, 0) is 13.1 Å². The average molecular weight is 351 g/mol. The minimum Gasteiger partial charge on any atom is -0.335 e. The number of hydrogen-bond donors (Lipinski definition) is 2. The highest BCUT2D eigenvalue weighted by atomic mass is 16.2. The van der Waals surface area contributed by atoms with Crippen molar-refractivity contribution in [2.45, 2.75) is 45.8 Å². The quantitative estimate of drug-likeness (QED) is 0.861. The van der Waals surface area contributed by atoms with Crippen LogP contribution in [0, 0.1) is 13.8 Å². The molecule has 138 valence electrons. The highest BCUT2D eigenvalue weighted by Gasteiger charge is 2.20. The first-order valence-corrected chi connectivity index (χ1v) is 9.47. The summed E-state index contributed by atoms with van der Waals surface area (Å²) < 4.78 is 0. The van der Waals surface area contributed by atoms with E-state index in [1.54, 1.807) is 0 Å². The van der Waals surface area contributed by atoms with Crippen molar-refractivity contribution in [2.75, 3.05) is 13.1 Å². The summed E-state index contributed by atoms with van der Waals surface area (Å²) in [6.07, 6.45) is 2.01. The fourth-order valence-electron chi connectivity index (χ4n) is 3.50. The van der Waals surface area contributed by atoms with Gasteiger partial charge in [-0.15, -0.1) is 0 Å². The smallest absolute Gasteiger partial charge is 0.315 e. The van der Waals surface area contributed by atoms with Gasteiger partial charge in [0.05, 0.1) is 0 Å². The molecule has 0 atom stereocenters. The van der Waals surface area contributed by atoms with Gasteiger partial charge in [0.15, 0.2) is 0 Å². The molecule has 1 aliphatic heterocycles. The lowest BCUT2D eigenvalue weighted by Crippen LogP contribution is -2.47. The monoisotopic (exact) mass is 351 g/mol. The Morgan fingerprint density at radius 1 is 1.08 bits per heavy atom. The van der Waals surface area contributed by atoms with E-state index in [2.05, 4.69) is 65.8 Å². The van der Waals surface area contributed by atoms with Crippen molar-refractivity contribution in [3.8, 4) is 0 Å². The molecule has 2 aromatic carbocycles. The van der Waals surface area contributed by atoms with Crippen molar-refractivity contribution in [3.63, 3.8) is 0 Å². The standard InChI is InChI=1S/C22H29N3O/c1-17-6-5-8-19(14-17)15-23-22(26)24-21-10-12-25(13-11-21)16-20-9-4-3-7-18(20)2/h3-9,14,21H,10-13,15-16H2,1-2H3,(H2,23,24,26). The Labute approximate surface area is 156 Å². The molecule has 1 fully saturated rings. The third kappa shape index (κ3) is 5.33. The molecule has 3 rings (SSSR count). The Balaban J connectivity index is 1.39. The first-order chi connectivity index (χ1) is 12.6. The van der Waals surface area contributed by atoms with E-state index in [0.717, 1.165) is 38.0 Å². The van der Waals surface area contributed by atoms with Crippen LogP contribution in [-0.4, -0.2) is 30.1 Å². The van der Waals surface area contributed by atoms with Gasteiger partial charge in [0.1, 0.15) is 0 Å². The third-order valence-electron chi connectivity index (χ3n) is 5.11. The van der Waals surface area contributed by atoms with Crippen LogP contribution < -0.4 is 10.6 Å². The maximum atomic E-state index is 12.2. The van der Waals surface area contributed by atoms with E-state index in [9.17, 15) is 4.79 Å². The summed E-state index contributed by atoms with van der Waals surface area (Å²) in [5.74, 6) is 0. The Kier molecular flexibility index (Phi) is 6.29. The van der Waals surface area contributed by atoms with Gasteiger partial charge >= 0.3 is 6.03 Å². The van der Waals surface area contributed by atoms with Crippen LogP contribution >= 0.6 is 0 Å². The number of carbonyl (C=O) groups excluding carboxylic acids is 1. The van der Waals surface area contributed by atoms with Gasteiger partial charge in [-0.05, 0) is 43.4 Å². The number of likely N-dealkylation sites (tertiary alicyclic amines) is 1. The zero-order chi connectivity index (χ0) is 18.4. The lowest BCUT2D eigenvalue weighted by molar-refractivity contribution is 0.186. The molecule has 0 aliphatic carbocycles. The number of piperidine rings is 1. The summed E-state index contributed by atoms with van der Waals surface area (Å²) in [7, 11) is 0. The van der Waals surface area contributed by atoms with E-state index in [1.165, 1.54) is 16.7 Å². The molecule has 0 saturated carbocycles. The Hall–Kier alpha value is -2.33. The maximum absolute atomic E-state index is 12.2. The maximum Gasteiger partial charge on any atom is 0.315 e. The zero-order valence-electron chi connectivity index (χ0n) is 15.8. The van der Waals surface area contributed by atoms with Crippen LogP contribution in [0.25, 0.3) is 0 Å². The van der Waals surface area contributed by atoms with E-state index in [-0.39, 0.29) is 12.1 Å². The summed E-state index contributed by atoms with van der Waals surface area (Å²) in [5.41, 5.74) is 5.09. The summed E-state index contributed by atoms with van der Waals surface area (Å²) in [6, 6.07) is 17.0. The molecule has 2 amide bonds. The Morgan fingerprint density at radius 3 is 2.58 bits per heavy atom. The number of nitrogens with one attached hydrogen (secondary N) is 2. The third-order valence-corrected chi connectivity index (χ3v) is 5.11. The molecule has 0 spiro atoms. The van der Waals surface area contributed by atoms with Gasteiger partial charge in [0.25, 0.3) is 0 Å². The van der Waals surface area contributed by atoms with E-state index in [4.69, 9.17) is 0 Å². The van der Waals surface area contributed by atoms with Crippen molar-refractivity contribution in [3.05, 3.63) is 70.8 Å². The fraction of sp³-hybridized carbons (Fsp3) is 0.409. The van der Waals surface area contributed by atoms with Crippen molar-refractivity contribution < 1.29 is 4.79 Å².